The van der Waals surface area contributed by atoms with E-state index in [4.69, 9.17) is 17.3 Å². The van der Waals surface area contributed by atoms with Crippen molar-refractivity contribution in [1.82, 2.24) is 9.80 Å². The summed E-state index contributed by atoms with van der Waals surface area (Å²) < 4.78 is 0. The van der Waals surface area contributed by atoms with E-state index in [0.29, 0.717) is 36.1 Å². The summed E-state index contributed by atoms with van der Waals surface area (Å²) in [6.07, 6.45) is 2.46. The molecule has 0 aliphatic carbocycles. The molecule has 1 aromatic carbocycles. The maximum Gasteiger partial charge on any atom is 0.253 e. The molecular weight excluding hydrogens is 385 g/mol. The Morgan fingerprint density at radius 3 is 2.52 bits per heavy atom. The quantitative estimate of drug-likeness (QED) is 0.773. The maximum absolute atomic E-state index is 12.8. The van der Waals surface area contributed by atoms with Crippen molar-refractivity contribution in [2.24, 2.45) is 17.6 Å². The Morgan fingerprint density at radius 2 is 1.93 bits per heavy atom. The molecule has 1 heterocycles. The van der Waals surface area contributed by atoms with Crippen LogP contribution in [-0.4, -0.2) is 54.3 Å². The number of carbonyl (C=O) groups is 2. The smallest absolute Gasteiger partial charge is 0.253 e. The van der Waals surface area contributed by atoms with Crippen molar-refractivity contribution in [3.8, 4) is 0 Å². The van der Waals surface area contributed by atoms with Crippen LogP contribution in [0, 0.1) is 11.8 Å². The van der Waals surface area contributed by atoms with E-state index in [0.717, 1.165) is 19.3 Å². The van der Waals surface area contributed by atoms with Gasteiger partial charge in [0, 0.05) is 43.3 Å². The van der Waals surface area contributed by atoms with E-state index in [1.807, 2.05) is 7.05 Å². The van der Waals surface area contributed by atoms with Crippen LogP contribution in [0.15, 0.2) is 24.3 Å². The number of nitrogens with two attached hydrogens (primary N) is 1. The van der Waals surface area contributed by atoms with Gasteiger partial charge in [-0.1, -0.05) is 25.4 Å². The lowest BCUT2D eigenvalue weighted by Gasteiger charge is -2.34. The molecule has 2 rings (SSSR count). The molecule has 2 amide bonds. The molecule has 0 spiro atoms. The van der Waals surface area contributed by atoms with Crippen molar-refractivity contribution < 1.29 is 9.59 Å². The van der Waals surface area contributed by atoms with Crippen molar-refractivity contribution in [3.63, 3.8) is 0 Å². The van der Waals surface area contributed by atoms with Gasteiger partial charge in [0.05, 0.1) is 5.92 Å². The minimum absolute atomic E-state index is 0. The third kappa shape index (κ3) is 6.66. The SMILES string of the molecule is CC(C)C(N)CCN(C)C(=O)C1CCCN(C(=O)c2ccc(Cl)cc2)C1.Cl. The zero-order chi connectivity index (χ0) is 19.3. The average molecular weight is 416 g/mol. The first-order valence-corrected chi connectivity index (χ1v) is 9.72. The van der Waals surface area contributed by atoms with Gasteiger partial charge in [-0.05, 0) is 49.4 Å². The summed E-state index contributed by atoms with van der Waals surface area (Å²) in [5.74, 6) is 0.333. The second kappa shape index (κ2) is 10.9. The average Bonchev–Trinajstić information content (AvgIpc) is 2.65. The monoisotopic (exact) mass is 415 g/mol. The van der Waals surface area contributed by atoms with Crippen molar-refractivity contribution in [3.05, 3.63) is 34.9 Å². The third-order valence-corrected chi connectivity index (χ3v) is 5.43. The van der Waals surface area contributed by atoms with Crippen LogP contribution in [-0.2, 0) is 4.79 Å². The van der Waals surface area contributed by atoms with E-state index in [1.165, 1.54) is 0 Å². The molecule has 0 aromatic heterocycles. The molecular formula is C20H31Cl2N3O2. The van der Waals surface area contributed by atoms with E-state index < -0.39 is 0 Å². The van der Waals surface area contributed by atoms with Crippen LogP contribution in [0.25, 0.3) is 0 Å². The van der Waals surface area contributed by atoms with Crippen molar-refractivity contribution in [2.45, 2.75) is 39.2 Å². The van der Waals surface area contributed by atoms with Crippen LogP contribution in [0.1, 0.15) is 43.5 Å². The van der Waals surface area contributed by atoms with Crippen LogP contribution in [0.2, 0.25) is 5.02 Å². The Kier molecular flexibility index (Phi) is 9.57. The van der Waals surface area contributed by atoms with Crippen LogP contribution >= 0.6 is 24.0 Å². The molecule has 0 radical (unpaired) electrons. The van der Waals surface area contributed by atoms with Crippen LogP contribution < -0.4 is 5.73 Å². The van der Waals surface area contributed by atoms with Gasteiger partial charge in [0.15, 0.2) is 0 Å². The first-order chi connectivity index (χ1) is 12.3. The van der Waals surface area contributed by atoms with Gasteiger partial charge in [-0.3, -0.25) is 9.59 Å². The predicted molar refractivity (Wildman–Crippen MR) is 112 cm³/mol. The molecule has 0 saturated carbocycles. The zero-order valence-corrected chi connectivity index (χ0v) is 17.9. The summed E-state index contributed by atoms with van der Waals surface area (Å²) in [5.41, 5.74) is 6.69. The molecule has 2 unspecified atom stereocenters. The predicted octanol–water partition coefficient (Wildman–Crippen LogP) is 3.45. The molecule has 5 nitrogen and oxygen atoms in total. The van der Waals surface area contributed by atoms with Gasteiger partial charge in [-0.25, -0.2) is 0 Å². The third-order valence-electron chi connectivity index (χ3n) is 5.18. The summed E-state index contributed by atoms with van der Waals surface area (Å²) in [7, 11) is 1.83. The number of hydrogen-bond donors (Lipinski definition) is 1. The maximum atomic E-state index is 12.8. The fourth-order valence-electron chi connectivity index (χ4n) is 3.24. The molecule has 1 aliphatic rings. The van der Waals surface area contributed by atoms with E-state index in [2.05, 4.69) is 13.8 Å². The van der Waals surface area contributed by atoms with Gasteiger partial charge in [0.25, 0.3) is 5.91 Å². The first kappa shape index (κ1) is 23.7. The standard InChI is InChI=1S/C20H30ClN3O2.ClH/c1-14(2)18(22)10-12-23(3)19(25)16-5-4-11-24(13-16)20(26)15-6-8-17(21)9-7-15;/h6-9,14,16,18H,4-5,10-13,22H2,1-3H3;1H. The summed E-state index contributed by atoms with van der Waals surface area (Å²) in [6.45, 7) is 6.00. The summed E-state index contributed by atoms with van der Waals surface area (Å²) >= 11 is 5.89. The number of piperidine rings is 1. The topological polar surface area (TPSA) is 66.6 Å². The molecule has 1 aromatic rings. The molecule has 27 heavy (non-hydrogen) atoms. The van der Waals surface area contributed by atoms with Gasteiger partial charge in [0.2, 0.25) is 5.91 Å². The lowest BCUT2D eigenvalue weighted by atomic mass is 9.95. The first-order valence-electron chi connectivity index (χ1n) is 9.35. The van der Waals surface area contributed by atoms with Crippen LogP contribution in [0.3, 0.4) is 0 Å². The Morgan fingerprint density at radius 1 is 1.30 bits per heavy atom. The molecule has 0 bridgehead atoms. The van der Waals surface area contributed by atoms with E-state index >= 15 is 0 Å². The van der Waals surface area contributed by atoms with Gasteiger partial charge < -0.3 is 15.5 Å². The molecule has 1 fully saturated rings. The van der Waals surface area contributed by atoms with Crippen LogP contribution in [0.4, 0.5) is 0 Å². The minimum atomic E-state index is -0.139. The fourth-order valence-corrected chi connectivity index (χ4v) is 3.36. The number of rotatable bonds is 6. The molecule has 7 heteroatoms. The highest BCUT2D eigenvalue weighted by molar-refractivity contribution is 6.30. The summed E-state index contributed by atoms with van der Waals surface area (Å²) in [5, 5.41) is 0.606. The Labute approximate surface area is 173 Å². The number of hydrogen-bond acceptors (Lipinski definition) is 3. The number of likely N-dealkylation sites (tertiary alicyclic amines) is 1. The molecule has 1 saturated heterocycles. The Bertz CT molecular complexity index is 622. The molecule has 1 aliphatic heterocycles. The van der Waals surface area contributed by atoms with E-state index in [-0.39, 0.29) is 36.2 Å². The highest BCUT2D eigenvalue weighted by Crippen LogP contribution is 2.21. The Balaban J connectivity index is 0.00000364. The number of benzene rings is 1. The number of amides is 2. The largest absolute Gasteiger partial charge is 0.345 e. The normalized spacial score (nSPS) is 18.0. The molecule has 2 N–H and O–H groups in total. The highest BCUT2D eigenvalue weighted by atomic mass is 35.5. The molecule has 152 valence electrons. The van der Waals surface area contributed by atoms with Crippen molar-refractivity contribution in [1.29, 1.82) is 0 Å². The number of nitrogens with zero attached hydrogens (tertiary/aromatic N) is 2. The summed E-state index contributed by atoms with van der Waals surface area (Å²) in [4.78, 5) is 29.0. The second-order valence-electron chi connectivity index (χ2n) is 7.55. The number of carbonyl (C=O) groups excluding carboxylic acids is 2. The van der Waals surface area contributed by atoms with Crippen LogP contribution in [0.5, 0.6) is 0 Å². The van der Waals surface area contributed by atoms with Crippen molar-refractivity contribution >= 4 is 35.8 Å². The van der Waals surface area contributed by atoms with Gasteiger partial charge in [-0.15, -0.1) is 12.4 Å². The second-order valence-corrected chi connectivity index (χ2v) is 7.99. The molecule has 2 atom stereocenters. The van der Waals surface area contributed by atoms with Crippen molar-refractivity contribution in [2.75, 3.05) is 26.7 Å². The minimum Gasteiger partial charge on any atom is -0.345 e. The fraction of sp³-hybridized carbons (Fsp3) is 0.600. The highest BCUT2D eigenvalue weighted by Gasteiger charge is 2.30. The van der Waals surface area contributed by atoms with Gasteiger partial charge in [0.1, 0.15) is 0 Å². The lowest BCUT2D eigenvalue weighted by Crippen LogP contribution is -2.46. The summed E-state index contributed by atoms with van der Waals surface area (Å²) in [6, 6.07) is 6.99. The zero-order valence-electron chi connectivity index (χ0n) is 16.4. The Hall–Kier alpha value is -1.30. The van der Waals surface area contributed by atoms with Gasteiger partial charge in [-0.2, -0.15) is 0 Å². The lowest BCUT2D eigenvalue weighted by molar-refractivity contribution is -0.135. The van der Waals surface area contributed by atoms with E-state index in [1.54, 1.807) is 34.1 Å². The van der Waals surface area contributed by atoms with E-state index in [9.17, 15) is 9.59 Å². The number of halogens is 2. The van der Waals surface area contributed by atoms with Gasteiger partial charge >= 0.3 is 0 Å².